The van der Waals surface area contributed by atoms with Gasteiger partial charge in [-0.25, -0.2) is 4.98 Å². The van der Waals surface area contributed by atoms with Crippen LogP contribution in [0.3, 0.4) is 0 Å². The number of aryl methyl sites for hydroxylation is 1. The molecule has 0 radical (unpaired) electrons. The van der Waals surface area contributed by atoms with E-state index in [2.05, 4.69) is 46.7 Å². The van der Waals surface area contributed by atoms with Gasteiger partial charge >= 0.3 is 0 Å². The Bertz CT molecular complexity index is 1170. The van der Waals surface area contributed by atoms with Crippen molar-refractivity contribution in [1.82, 2.24) is 9.55 Å². The largest absolute Gasteiger partial charge is 0.326 e. The molecule has 2 heterocycles. The number of nitrogens with one attached hydrogen (secondary N) is 1. The van der Waals surface area contributed by atoms with Gasteiger partial charge in [-0.15, -0.1) is 0 Å². The first-order valence-electron chi connectivity index (χ1n) is 9.31. The Labute approximate surface area is 166 Å². The fourth-order valence-corrected chi connectivity index (χ4v) is 4.97. The van der Waals surface area contributed by atoms with Crippen molar-refractivity contribution in [3.05, 3.63) is 75.7 Å². The summed E-state index contributed by atoms with van der Waals surface area (Å²) in [6.45, 7) is 2.12. The number of rotatable bonds is 2. The van der Waals surface area contributed by atoms with Crippen LogP contribution in [0.1, 0.15) is 16.7 Å². The second-order valence-electron chi connectivity index (χ2n) is 7.34. The SMILES string of the molecule is Cc1cnc2n(c1=O)CC(C(=O)Nc1ccc3c(c1)Cc1ccccc1-3)CS2. The van der Waals surface area contributed by atoms with Crippen LogP contribution in [0.2, 0.25) is 0 Å². The number of thioether (sulfide) groups is 1. The number of benzene rings is 2. The van der Waals surface area contributed by atoms with E-state index in [-0.39, 0.29) is 17.4 Å². The molecule has 1 amide bonds. The third kappa shape index (κ3) is 2.85. The summed E-state index contributed by atoms with van der Waals surface area (Å²) in [6.07, 6.45) is 2.49. The van der Waals surface area contributed by atoms with Gasteiger partial charge in [0, 0.05) is 29.7 Å². The summed E-state index contributed by atoms with van der Waals surface area (Å²) in [5, 5.41) is 3.73. The average molecular weight is 389 g/mol. The van der Waals surface area contributed by atoms with Gasteiger partial charge in [-0.2, -0.15) is 0 Å². The lowest BCUT2D eigenvalue weighted by atomic mass is 10.1. The van der Waals surface area contributed by atoms with E-state index < -0.39 is 0 Å². The summed E-state index contributed by atoms with van der Waals surface area (Å²) in [7, 11) is 0. The summed E-state index contributed by atoms with van der Waals surface area (Å²) in [5.74, 6) is 0.309. The van der Waals surface area contributed by atoms with Gasteiger partial charge in [0.25, 0.3) is 5.56 Å². The number of aromatic nitrogens is 2. The van der Waals surface area contributed by atoms with Gasteiger partial charge < -0.3 is 5.32 Å². The van der Waals surface area contributed by atoms with Gasteiger partial charge in [-0.3, -0.25) is 14.2 Å². The van der Waals surface area contributed by atoms with Crippen LogP contribution in [0.25, 0.3) is 11.1 Å². The van der Waals surface area contributed by atoms with E-state index in [1.807, 2.05) is 6.07 Å². The molecule has 1 aromatic heterocycles. The lowest BCUT2D eigenvalue weighted by Gasteiger charge is -2.24. The van der Waals surface area contributed by atoms with Crippen LogP contribution in [-0.2, 0) is 17.8 Å². The van der Waals surface area contributed by atoms with E-state index in [1.54, 1.807) is 17.7 Å². The number of hydrogen-bond donors (Lipinski definition) is 1. The zero-order valence-electron chi connectivity index (χ0n) is 15.4. The first kappa shape index (κ1) is 17.3. The van der Waals surface area contributed by atoms with E-state index >= 15 is 0 Å². The third-order valence-corrected chi connectivity index (χ3v) is 6.58. The van der Waals surface area contributed by atoms with Gasteiger partial charge in [0.1, 0.15) is 0 Å². The van der Waals surface area contributed by atoms with Crippen LogP contribution in [0.15, 0.2) is 58.6 Å². The van der Waals surface area contributed by atoms with Crippen molar-refractivity contribution in [3.63, 3.8) is 0 Å². The molecule has 0 fully saturated rings. The predicted molar refractivity (Wildman–Crippen MR) is 111 cm³/mol. The van der Waals surface area contributed by atoms with Crippen LogP contribution in [-0.4, -0.2) is 21.2 Å². The second-order valence-corrected chi connectivity index (χ2v) is 8.33. The molecule has 1 N–H and O–H groups in total. The zero-order chi connectivity index (χ0) is 19.3. The molecule has 1 aliphatic heterocycles. The Balaban J connectivity index is 1.35. The first-order valence-corrected chi connectivity index (χ1v) is 10.3. The van der Waals surface area contributed by atoms with E-state index in [0.29, 0.717) is 23.0 Å². The maximum absolute atomic E-state index is 12.8. The molecule has 28 heavy (non-hydrogen) atoms. The molecule has 2 aliphatic rings. The number of anilines is 1. The van der Waals surface area contributed by atoms with Crippen molar-refractivity contribution in [3.8, 4) is 11.1 Å². The Morgan fingerprint density at radius 2 is 2.00 bits per heavy atom. The minimum atomic E-state index is -0.260. The molecule has 0 saturated carbocycles. The van der Waals surface area contributed by atoms with Crippen LogP contribution in [0, 0.1) is 12.8 Å². The van der Waals surface area contributed by atoms with Crippen LogP contribution < -0.4 is 10.9 Å². The number of carbonyl (C=O) groups excluding carboxylic acids is 1. The van der Waals surface area contributed by atoms with Crippen LogP contribution >= 0.6 is 11.8 Å². The van der Waals surface area contributed by atoms with E-state index in [1.165, 1.54) is 34.0 Å². The molecule has 0 spiro atoms. The summed E-state index contributed by atoms with van der Waals surface area (Å²) in [5.41, 5.74) is 6.42. The topological polar surface area (TPSA) is 64.0 Å². The number of amides is 1. The van der Waals surface area contributed by atoms with Crippen molar-refractivity contribution < 1.29 is 4.79 Å². The summed E-state index contributed by atoms with van der Waals surface area (Å²) in [6, 6.07) is 14.5. The van der Waals surface area contributed by atoms with E-state index in [0.717, 1.165) is 12.1 Å². The fraction of sp³-hybridized carbons (Fsp3) is 0.227. The summed E-state index contributed by atoms with van der Waals surface area (Å²) < 4.78 is 1.62. The highest BCUT2D eigenvalue weighted by atomic mass is 32.2. The quantitative estimate of drug-likeness (QED) is 0.533. The number of hydrogen-bond acceptors (Lipinski definition) is 4. The first-order chi connectivity index (χ1) is 13.6. The molecule has 1 atom stereocenters. The lowest BCUT2D eigenvalue weighted by Crippen LogP contribution is -2.37. The van der Waals surface area contributed by atoms with Crippen molar-refractivity contribution in [2.45, 2.75) is 25.0 Å². The number of fused-ring (bicyclic) bond motifs is 4. The number of carbonyl (C=O) groups is 1. The van der Waals surface area contributed by atoms with Gasteiger partial charge in [0.2, 0.25) is 5.91 Å². The molecule has 3 aromatic rings. The maximum atomic E-state index is 12.8. The monoisotopic (exact) mass is 389 g/mol. The second kappa shape index (κ2) is 6.63. The molecular weight excluding hydrogens is 370 g/mol. The highest BCUT2D eigenvalue weighted by Crippen LogP contribution is 2.37. The van der Waals surface area contributed by atoms with Gasteiger partial charge in [0.15, 0.2) is 5.16 Å². The minimum absolute atomic E-state index is 0.0537. The number of nitrogens with zero attached hydrogens (tertiary/aromatic N) is 2. The van der Waals surface area contributed by atoms with Crippen molar-refractivity contribution in [1.29, 1.82) is 0 Å². The molecular formula is C22H19N3O2S. The highest BCUT2D eigenvalue weighted by molar-refractivity contribution is 7.99. The molecule has 5 nitrogen and oxygen atoms in total. The third-order valence-electron chi connectivity index (χ3n) is 5.43. The zero-order valence-corrected chi connectivity index (χ0v) is 16.3. The van der Waals surface area contributed by atoms with E-state index in [4.69, 9.17) is 0 Å². The van der Waals surface area contributed by atoms with Crippen molar-refractivity contribution in [2.75, 3.05) is 11.1 Å². The normalized spacial score (nSPS) is 16.8. The minimum Gasteiger partial charge on any atom is -0.326 e. The molecule has 2 aromatic carbocycles. The Morgan fingerprint density at radius 3 is 2.89 bits per heavy atom. The molecule has 1 aliphatic carbocycles. The standard InChI is InChI=1S/C22H19N3O2S/c1-13-10-23-22-25(21(13)27)11-16(12-28-22)20(26)24-17-6-7-19-15(9-17)8-14-4-2-3-5-18(14)19/h2-7,9-10,16H,8,11-12H2,1H3,(H,24,26). The maximum Gasteiger partial charge on any atom is 0.257 e. The summed E-state index contributed by atoms with van der Waals surface area (Å²) >= 11 is 1.46. The van der Waals surface area contributed by atoms with Gasteiger partial charge in [-0.05, 0) is 47.7 Å². The fourth-order valence-electron chi connectivity index (χ4n) is 3.93. The Kier molecular flexibility index (Phi) is 4.09. The van der Waals surface area contributed by atoms with E-state index in [9.17, 15) is 9.59 Å². The summed E-state index contributed by atoms with van der Waals surface area (Å²) in [4.78, 5) is 29.5. The Morgan fingerprint density at radius 1 is 1.18 bits per heavy atom. The molecule has 140 valence electrons. The molecule has 5 rings (SSSR count). The van der Waals surface area contributed by atoms with Crippen LogP contribution in [0.5, 0.6) is 0 Å². The average Bonchev–Trinajstić information content (AvgIpc) is 3.08. The molecule has 0 bridgehead atoms. The predicted octanol–water partition coefficient (Wildman–Crippen LogP) is 3.48. The highest BCUT2D eigenvalue weighted by Gasteiger charge is 2.27. The lowest BCUT2D eigenvalue weighted by molar-refractivity contribution is -0.119. The molecule has 0 saturated heterocycles. The van der Waals surface area contributed by atoms with Crippen LogP contribution in [0.4, 0.5) is 5.69 Å². The van der Waals surface area contributed by atoms with Crippen molar-refractivity contribution >= 4 is 23.4 Å². The van der Waals surface area contributed by atoms with Crippen molar-refractivity contribution in [2.24, 2.45) is 5.92 Å². The van der Waals surface area contributed by atoms with Gasteiger partial charge in [0.05, 0.1) is 5.92 Å². The molecule has 6 heteroatoms. The Hall–Kier alpha value is -2.86. The van der Waals surface area contributed by atoms with Gasteiger partial charge in [-0.1, -0.05) is 42.1 Å². The molecule has 1 unspecified atom stereocenters. The smallest absolute Gasteiger partial charge is 0.257 e.